The number of thioether (sulfide) groups is 1. The van der Waals surface area contributed by atoms with E-state index in [1.807, 2.05) is 30.5 Å². The number of carbonyl (C=O) groups is 2. The predicted molar refractivity (Wildman–Crippen MR) is 90.0 cm³/mol. The zero-order valence-corrected chi connectivity index (χ0v) is 14.9. The van der Waals surface area contributed by atoms with Gasteiger partial charge in [0.2, 0.25) is 5.91 Å². The summed E-state index contributed by atoms with van der Waals surface area (Å²) in [5, 5.41) is 0.582. The molecule has 2 bridgehead atoms. The Bertz CT molecular complexity index is 466. The fourth-order valence-electron chi connectivity index (χ4n) is 4.22. The summed E-state index contributed by atoms with van der Waals surface area (Å²) in [4.78, 5) is 30.1. The second kappa shape index (κ2) is 6.16. The van der Waals surface area contributed by atoms with Crippen molar-refractivity contribution in [1.29, 1.82) is 0 Å². The molecule has 4 atom stereocenters. The molecular formula is C17H28N2O2S. The number of amides is 1. The fourth-order valence-corrected chi connectivity index (χ4v) is 5.64. The quantitative estimate of drug-likeness (QED) is 0.798. The highest BCUT2D eigenvalue weighted by atomic mass is 32.2. The smallest absolute Gasteiger partial charge is 0.240 e. The zero-order valence-electron chi connectivity index (χ0n) is 14.1. The van der Waals surface area contributed by atoms with Gasteiger partial charge in [-0.05, 0) is 33.1 Å². The van der Waals surface area contributed by atoms with Crippen molar-refractivity contribution in [1.82, 2.24) is 9.80 Å². The van der Waals surface area contributed by atoms with Crippen molar-refractivity contribution in [3.63, 3.8) is 0 Å². The van der Waals surface area contributed by atoms with Crippen molar-refractivity contribution in [3.8, 4) is 0 Å². The highest BCUT2D eigenvalue weighted by Gasteiger charge is 2.49. The molecule has 0 aromatic heterocycles. The molecule has 4 nitrogen and oxygen atoms in total. The lowest BCUT2D eigenvalue weighted by molar-refractivity contribution is -0.144. The normalized spacial score (nSPS) is 35.9. The average molecular weight is 324 g/mol. The summed E-state index contributed by atoms with van der Waals surface area (Å²) < 4.78 is 0. The van der Waals surface area contributed by atoms with Gasteiger partial charge in [0.05, 0.1) is 12.1 Å². The number of hydrogen-bond acceptors (Lipinski definition) is 4. The Balaban J connectivity index is 1.87. The molecule has 0 aromatic carbocycles. The Kier molecular flexibility index (Phi) is 4.56. The zero-order chi connectivity index (χ0) is 16.0. The molecule has 124 valence electrons. The molecule has 0 N–H and O–H groups in total. The Labute approximate surface area is 138 Å². The molecule has 3 fully saturated rings. The average Bonchev–Trinajstić information content (AvgIpc) is 3.06. The molecular weight excluding hydrogens is 296 g/mol. The first kappa shape index (κ1) is 16.3. The van der Waals surface area contributed by atoms with Crippen molar-refractivity contribution in [2.24, 2.45) is 5.92 Å². The van der Waals surface area contributed by atoms with Crippen LogP contribution in [0, 0.1) is 5.92 Å². The summed E-state index contributed by atoms with van der Waals surface area (Å²) in [5.41, 5.74) is 0. The number of rotatable bonds is 3. The van der Waals surface area contributed by atoms with Crippen molar-refractivity contribution >= 4 is 23.5 Å². The fraction of sp³-hybridized carbons (Fsp3) is 0.882. The molecule has 0 aromatic rings. The summed E-state index contributed by atoms with van der Waals surface area (Å²) >= 11 is 2.01. The number of likely N-dealkylation sites (tertiary alicyclic amines) is 1. The third-order valence-corrected chi connectivity index (χ3v) is 6.82. The summed E-state index contributed by atoms with van der Waals surface area (Å²) in [6.07, 6.45) is 2.80. The number of hydrogen-bond donors (Lipinski definition) is 0. The first-order valence-electron chi connectivity index (χ1n) is 8.63. The van der Waals surface area contributed by atoms with Gasteiger partial charge in [0.1, 0.15) is 0 Å². The van der Waals surface area contributed by atoms with Crippen molar-refractivity contribution in [2.75, 3.05) is 12.3 Å². The number of Topliss-reactive ketones (excluding diaryl/α,β-unsaturated/α-hetero) is 1. The number of carbonyl (C=O) groups excluding carboxylic acids is 2. The first-order chi connectivity index (χ1) is 10.4. The maximum Gasteiger partial charge on any atom is 0.240 e. The monoisotopic (exact) mass is 324 g/mol. The van der Waals surface area contributed by atoms with Crippen LogP contribution in [0.1, 0.15) is 47.0 Å². The van der Waals surface area contributed by atoms with E-state index in [1.54, 1.807) is 0 Å². The molecule has 3 saturated heterocycles. The van der Waals surface area contributed by atoms with E-state index in [1.165, 1.54) is 0 Å². The molecule has 22 heavy (non-hydrogen) atoms. The SMILES string of the molecule is CC(C)C(=O)C1CC[C@H]2CS[C@H]3C[C@@H](C(=O)N12)N(C(C)C)C3. The lowest BCUT2D eigenvalue weighted by Crippen LogP contribution is -2.54. The lowest BCUT2D eigenvalue weighted by Gasteiger charge is -2.36. The molecule has 0 aliphatic carbocycles. The maximum absolute atomic E-state index is 13.2. The second-order valence-corrected chi connectivity index (χ2v) is 8.88. The molecule has 3 rings (SSSR count). The van der Waals surface area contributed by atoms with Crippen LogP contribution in [0.15, 0.2) is 0 Å². The van der Waals surface area contributed by atoms with Gasteiger partial charge in [-0.3, -0.25) is 14.5 Å². The predicted octanol–water partition coefficient (Wildman–Crippen LogP) is 2.17. The van der Waals surface area contributed by atoms with E-state index in [2.05, 4.69) is 18.7 Å². The van der Waals surface area contributed by atoms with E-state index in [9.17, 15) is 9.59 Å². The minimum absolute atomic E-state index is 0.00664. The molecule has 0 saturated carbocycles. The molecule has 0 radical (unpaired) electrons. The summed E-state index contributed by atoms with van der Waals surface area (Å²) in [6, 6.07) is 0.464. The van der Waals surface area contributed by atoms with Crippen molar-refractivity contribution in [2.45, 2.75) is 76.4 Å². The van der Waals surface area contributed by atoms with Crippen LogP contribution >= 0.6 is 11.8 Å². The van der Waals surface area contributed by atoms with Gasteiger partial charge < -0.3 is 4.90 Å². The van der Waals surface area contributed by atoms with E-state index in [0.717, 1.165) is 31.6 Å². The second-order valence-electron chi connectivity index (χ2n) is 7.55. The number of ketones is 1. The van der Waals surface area contributed by atoms with Crippen LogP contribution < -0.4 is 0 Å². The largest absolute Gasteiger partial charge is 0.327 e. The van der Waals surface area contributed by atoms with Crippen molar-refractivity contribution in [3.05, 3.63) is 0 Å². The van der Waals surface area contributed by atoms with Crippen LogP contribution in [0.3, 0.4) is 0 Å². The van der Waals surface area contributed by atoms with Gasteiger partial charge in [0, 0.05) is 35.5 Å². The van der Waals surface area contributed by atoms with Crippen LogP contribution in [-0.2, 0) is 9.59 Å². The highest BCUT2D eigenvalue weighted by molar-refractivity contribution is 8.00. The molecule has 3 aliphatic rings. The van der Waals surface area contributed by atoms with Crippen LogP contribution in [0.4, 0.5) is 0 Å². The molecule has 0 spiro atoms. The van der Waals surface area contributed by atoms with Gasteiger partial charge >= 0.3 is 0 Å². The lowest BCUT2D eigenvalue weighted by atomic mass is 9.99. The van der Waals surface area contributed by atoms with Gasteiger partial charge in [-0.15, -0.1) is 0 Å². The summed E-state index contributed by atoms with van der Waals surface area (Å²) in [5.74, 6) is 1.47. The molecule has 5 heteroatoms. The first-order valence-corrected chi connectivity index (χ1v) is 9.68. The van der Waals surface area contributed by atoms with Crippen LogP contribution in [-0.4, -0.2) is 63.2 Å². The van der Waals surface area contributed by atoms with Crippen LogP contribution in [0.5, 0.6) is 0 Å². The standard InChI is InChI=1S/C17H28N2O2S/c1-10(2)16(20)14-6-5-12-9-22-13-7-15(17(21)19(12)14)18(8-13)11(3)4/h10-15H,5-9H2,1-4H3/t12-,13-,14?,15-/m0/s1. The van der Waals surface area contributed by atoms with Gasteiger partial charge in [-0.25, -0.2) is 0 Å². The topological polar surface area (TPSA) is 40.6 Å². The molecule has 3 aliphatic heterocycles. The van der Waals surface area contributed by atoms with E-state index >= 15 is 0 Å². The Morgan fingerprint density at radius 2 is 1.95 bits per heavy atom. The Morgan fingerprint density at radius 1 is 1.23 bits per heavy atom. The highest BCUT2D eigenvalue weighted by Crippen LogP contribution is 2.39. The van der Waals surface area contributed by atoms with Crippen LogP contribution in [0.2, 0.25) is 0 Å². The van der Waals surface area contributed by atoms with Crippen molar-refractivity contribution < 1.29 is 9.59 Å². The minimum Gasteiger partial charge on any atom is -0.327 e. The third-order valence-electron chi connectivity index (χ3n) is 5.43. The van der Waals surface area contributed by atoms with E-state index < -0.39 is 0 Å². The summed E-state index contributed by atoms with van der Waals surface area (Å²) in [6.45, 7) is 9.25. The summed E-state index contributed by atoms with van der Waals surface area (Å²) in [7, 11) is 0. The third kappa shape index (κ3) is 2.71. The molecule has 1 amide bonds. The Morgan fingerprint density at radius 3 is 2.59 bits per heavy atom. The van der Waals surface area contributed by atoms with E-state index in [4.69, 9.17) is 0 Å². The van der Waals surface area contributed by atoms with Gasteiger partial charge in [-0.2, -0.15) is 11.8 Å². The van der Waals surface area contributed by atoms with E-state index in [0.29, 0.717) is 11.3 Å². The van der Waals surface area contributed by atoms with Crippen LogP contribution in [0.25, 0.3) is 0 Å². The van der Waals surface area contributed by atoms with Gasteiger partial charge in [-0.1, -0.05) is 13.8 Å². The molecule has 1 unspecified atom stereocenters. The number of nitrogens with zero attached hydrogens (tertiary/aromatic N) is 2. The van der Waals surface area contributed by atoms with E-state index in [-0.39, 0.29) is 35.7 Å². The maximum atomic E-state index is 13.2. The van der Waals surface area contributed by atoms with Gasteiger partial charge in [0.15, 0.2) is 5.78 Å². The number of fused-ring (bicyclic) bond motifs is 3. The van der Waals surface area contributed by atoms with Gasteiger partial charge in [0.25, 0.3) is 0 Å². The Hall–Kier alpha value is -0.550. The minimum atomic E-state index is -0.177. The molecule has 3 heterocycles.